The number of amides is 2. The summed E-state index contributed by atoms with van der Waals surface area (Å²) < 4.78 is 25.2. The highest BCUT2D eigenvalue weighted by Gasteiger charge is 2.23. The second-order valence-electron chi connectivity index (χ2n) is 8.48. The van der Waals surface area contributed by atoms with Crippen LogP contribution in [0.15, 0.2) is 24.3 Å². The van der Waals surface area contributed by atoms with Crippen LogP contribution in [0, 0.1) is 5.92 Å². The first-order chi connectivity index (χ1) is 14.8. The van der Waals surface area contributed by atoms with E-state index in [0.717, 1.165) is 32.3 Å². The van der Waals surface area contributed by atoms with Crippen molar-refractivity contribution in [1.29, 1.82) is 0 Å². The van der Waals surface area contributed by atoms with E-state index in [1.165, 1.54) is 15.4 Å². The molecule has 1 aromatic carbocycles. The standard InChI is InChI=1S/C22H34N4O4S/c1-31(29,30)26-13-4-7-19(8-11-23-21(27)10-15-26)22(28)24-12-16-25-14-9-18-5-2-3-6-20(18)17-25/h2-3,5-6,19H,4,7-17H2,1H3,(H,23,27)(H,24,28). The maximum absolute atomic E-state index is 12.8. The zero-order chi connectivity index (χ0) is 22.3. The van der Waals surface area contributed by atoms with Crippen LogP contribution < -0.4 is 10.6 Å². The van der Waals surface area contributed by atoms with E-state index in [4.69, 9.17) is 0 Å². The summed E-state index contributed by atoms with van der Waals surface area (Å²) in [6, 6.07) is 8.49. The molecule has 0 radical (unpaired) electrons. The summed E-state index contributed by atoms with van der Waals surface area (Å²) in [6.45, 7) is 4.22. The average molecular weight is 451 g/mol. The number of nitrogens with one attached hydrogen (secondary N) is 2. The molecule has 2 heterocycles. The minimum atomic E-state index is -3.37. The molecule has 1 fully saturated rings. The molecule has 172 valence electrons. The number of nitrogens with zero attached hydrogens (tertiary/aromatic N) is 2. The molecule has 8 nitrogen and oxygen atoms in total. The Labute approximate surface area is 185 Å². The Morgan fingerprint density at radius 3 is 2.68 bits per heavy atom. The lowest BCUT2D eigenvalue weighted by atomic mass is 9.98. The first-order valence-electron chi connectivity index (χ1n) is 11.1. The molecule has 2 amide bonds. The molecule has 0 aromatic heterocycles. The van der Waals surface area contributed by atoms with E-state index in [-0.39, 0.29) is 30.7 Å². The summed E-state index contributed by atoms with van der Waals surface area (Å²) in [7, 11) is -3.37. The Kier molecular flexibility index (Phi) is 8.45. The molecule has 3 rings (SSSR count). The van der Waals surface area contributed by atoms with Gasteiger partial charge in [0.2, 0.25) is 21.8 Å². The number of carbonyl (C=O) groups excluding carboxylic acids is 2. The van der Waals surface area contributed by atoms with Crippen LogP contribution in [0.2, 0.25) is 0 Å². The van der Waals surface area contributed by atoms with Crippen molar-refractivity contribution in [2.75, 3.05) is 45.5 Å². The fraction of sp³-hybridized carbons (Fsp3) is 0.636. The summed E-state index contributed by atoms with van der Waals surface area (Å²) in [4.78, 5) is 27.1. The van der Waals surface area contributed by atoms with Gasteiger partial charge in [0.05, 0.1) is 6.26 Å². The summed E-state index contributed by atoms with van der Waals surface area (Å²) in [5.41, 5.74) is 2.76. The minimum absolute atomic E-state index is 0.0168. The zero-order valence-corrected chi connectivity index (χ0v) is 19.1. The Balaban J connectivity index is 1.48. The molecular formula is C22H34N4O4S. The zero-order valence-electron chi connectivity index (χ0n) is 18.3. The molecule has 1 unspecified atom stereocenters. The number of rotatable bonds is 5. The normalized spacial score (nSPS) is 22.1. The van der Waals surface area contributed by atoms with Gasteiger partial charge in [-0.25, -0.2) is 12.7 Å². The number of hydrogen-bond acceptors (Lipinski definition) is 5. The molecule has 9 heteroatoms. The Bertz CT molecular complexity index is 874. The van der Waals surface area contributed by atoms with Gasteiger partial charge in [0.1, 0.15) is 0 Å². The van der Waals surface area contributed by atoms with Gasteiger partial charge < -0.3 is 10.6 Å². The Morgan fingerprint density at radius 2 is 1.90 bits per heavy atom. The molecule has 1 atom stereocenters. The lowest BCUT2D eigenvalue weighted by Crippen LogP contribution is -2.40. The third kappa shape index (κ3) is 7.29. The van der Waals surface area contributed by atoms with Crippen LogP contribution in [-0.4, -0.2) is 75.0 Å². The van der Waals surface area contributed by atoms with Gasteiger partial charge in [0, 0.05) is 58.2 Å². The summed E-state index contributed by atoms with van der Waals surface area (Å²) in [5, 5.41) is 5.86. The largest absolute Gasteiger partial charge is 0.356 e. The maximum atomic E-state index is 12.8. The van der Waals surface area contributed by atoms with E-state index < -0.39 is 10.0 Å². The van der Waals surface area contributed by atoms with E-state index in [0.29, 0.717) is 38.9 Å². The van der Waals surface area contributed by atoms with Crippen molar-refractivity contribution in [2.45, 2.75) is 38.6 Å². The van der Waals surface area contributed by atoms with E-state index >= 15 is 0 Å². The van der Waals surface area contributed by atoms with Crippen LogP contribution in [0.4, 0.5) is 0 Å². The Morgan fingerprint density at radius 1 is 1.13 bits per heavy atom. The fourth-order valence-corrected chi connectivity index (χ4v) is 5.17. The lowest BCUT2D eigenvalue weighted by Gasteiger charge is -2.29. The van der Waals surface area contributed by atoms with Crippen LogP contribution in [0.25, 0.3) is 0 Å². The topological polar surface area (TPSA) is 98.8 Å². The molecule has 2 N–H and O–H groups in total. The predicted octanol–water partition coefficient (Wildman–Crippen LogP) is 0.729. The molecule has 2 aliphatic rings. The smallest absolute Gasteiger partial charge is 0.223 e. The number of benzene rings is 1. The summed E-state index contributed by atoms with van der Waals surface area (Å²) in [6.07, 6.45) is 4.10. The van der Waals surface area contributed by atoms with E-state index in [2.05, 4.69) is 39.8 Å². The lowest BCUT2D eigenvalue weighted by molar-refractivity contribution is -0.126. The molecule has 0 aliphatic carbocycles. The summed E-state index contributed by atoms with van der Waals surface area (Å²) >= 11 is 0. The SMILES string of the molecule is CS(=O)(=O)N1CCCC(C(=O)NCCN2CCc3ccccc3C2)CCNC(=O)CC1. The third-order valence-electron chi connectivity index (χ3n) is 6.14. The van der Waals surface area contributed by atoms with Gasteiger partial charge >= 0.3 is 0 Å². The molecular weight excluding hydrogens is 416 g/mol. The number of carbonyl (C=O) groups is 2. The van der Waals surface area contributed by atoms with Crippen molar-refractivity contribution in [3.8, 4) is 0 Å². The molecule has 1 aromatic rings. The van der Waals surface area contributed by atoms with Gasteiger partial charge in [0.25, 0.3) is 0 Å². The molecule has 1 saturated heterocycles. The quantitative estimate of drug-likeness (QED) is 0.689. The van der Waals surface area contributed by atoms with Crippen molar-refractivity contribution in [3.63, 3.8) is 0 Å². The molecule has 0 bridgehead atoms. The van der Waals surface area contributed by atoms with Gasteiger partial charge in [-0.1, -0.05) is 24.3 Å². The van der Waals surface area contributed by atoms with E-state index in [9.17, 15) is 18.0 Å². The highest BCUT2D eigenvalue weighted by Crippen LogP contribution is 2.18. The third-order valence-corrected chi connectivity index (χ3v) is 7.44. The van der Waals surface area contributed by atoms with E-state index in [1.807, 2.05) is 0 Å². The predicted molar refractivity (Wildman–Crippen MR) is 120 cm³/mol. The van der Waals surface area contributed by atoms with Crippen LogP contribution in [-0.2, 0) is 32.6 Å². The molecule has 2 aliphatic heterocycles. The van der Waals surface area contributed by atoms with Crippen LogP contribution in [0.3, 0.4) is 0 Å². The van der Waals surface area contributed by atoms with Crippen molar-refractivity contribution >= 4 is 21.8 Å². The first kappa shape index (κ1) is 23.7. The highest BCUT2D eigenvalue weighted by atomic mass is 32.2. The van der Waals surface area contributed by atoms with Crippen molar-refractivity contribution < 1.29 is 18.0 Å². The molecule has 31 heavy (non-hydrogen) atoms. The van der Waals surface area contributed by atoms with Gasteiger partial charge in [-0.05, 0) is 36.8 Å². The highest BCUT2D eigenvalue weighted by molar-refractivity contribution is 7.88. The van der Waals surface area contributed by atoms with Gasteiger partial charge in [-0.3, -0.25) is 14.5 Å². The van der Waals surface area contributed by atoms with Gasteiger partial charge in [0.15, 0.2) is 0 Å². The fourth-order valence-electron chi connectivity index (χ4n) is 4.29. The van der Waals surface area contributed by atoms with E-state index in [1.54, 1.807) is 0 Å². The number of fused-ring (bicyclic) bond motifs is 1. The maximum Gasteiger partial charge on any atom is 0.223 e. The number of sulfonamides is 1. The average Bonchev–Trinajstić information content (AvgIpc) is 2.77. The van der Waals surface area contributed by atoms with Crippen LogP contribution in [0.1, 0.15) is 36.8 Å². The Hall–Kier alpha value is -1.97. The second kappa shape index (κ2) is 11.1. The second-order valence-corrected chi connectivity index (χ2v) is 10.5. The van der Waals surface area contributed by atoms with Crippen molar-refractivity contribution in [3.05, 3.63) is 35.4 Å². The monoisotopic (exact) mass is 450 g/mol. The first-order valence-corrected chi connectivity index (χ1v) is 13.0. The number of hydrogen-bond donors (Lipinski definition) is 2. The summed E-state index contributed by atoms with van der Waals surface area (Å²) in [5.74, 6) is -0.432. The van der Waals surface area contributed by atoms with Gasteiger partial charge in [-0.15, -0.1) is 0 Å². The van der Waals surface area contributed by atoms with Crippen molar-refractivity contribution in [1.82, 2.24) is 19.8 Å². The minimum Gasteiger partial charge on any atom is -0.356 e. The molecule has 0 spiro atoms. The van der Waals surface area contributed by atoms with Crippen LogP contribution >= 0.6 is 0 Å². The van der Waals surface area contributed by atoms with Crippen LogP contribution in [0.5, 0.6) is 0 Å². The van der Waals surface area contributed by atoms with Gasteiger partial charge in [-0.2, -0.15) is 0 Å². The molecule has 0 saturated carbocycles. The van der Waals surface area contributed by atoms with Crippen molar-refractivity contribution in [2.24, 2.45) is 5.92 Å².